The molecule has 0 aliphatic carbocycles. The fraction of sp³-hybridized carbons (Fsp3) is 0.419. The molecule has 3 aliphatic rings. The van der Waals surface area contributed by atoms with E-state index in [-0.39, 0.29) is 23.6 Å². The molecule has 1 atom stereocenters. The largest absolute Gasteiger partial charge is 0.508 e. The Morgan fingerprint density at radius 2 is 1.83 bits per heavy atom. The van der Waals surface area contributed by atoms with Gasteiger partial charge in [-0.1, -0.05) is 30.8 Å². The third-order valence-electron chi connectivity index (χ3n) is 8.49. The first-order valence-electron chi connectivity index (χ1n) is 14.5. The number of nitrogens with zero attached hydrogens (tertiary/aromatic N) is 6. The zero-order chi connectivity index (χ0) is 29.2. The van der Waals surface area contributed by atoms with Gasteiger partial charge < -0.3 is 34.5 Å². The molecule has 0 radical (unpaired) electrons. The molecule has 220 valence electrons. The molecule has 4 heterocycles. The van der Waals surface area contributed by atoms with Crippen molar-refractivity contribution in [2.75, 3.05) is 62.2 Å². The Labute approximate surface area is 244 Å². The fourth-order valence-corrected chi connectivity index (χ4v) is 6.29. The molecule has 2 N–H and O–H groups in total. The van der Waals surface area contributed by atoms with Gasteiger partial charge in [-0.25, -0.2) is 4.79 Å². The number of rotatable bonds is 6. The van der Waals surface area contributed by atoms with Crippen molar-refractivity contribution in [3.63, 3.8) is 0 Å². The van der Waals surface area contributed by atoms with Gasteiger partial charge in [-0.2, -0.15) is 9.97 Å². The summed E-state index contributed by atoms with van der Waals surface area (Å²) >= 11 is 0. The lowest BCUT2D eigenvalue weighted by molar-refractivity contribution is -0.126. The van der Waals surface area contributed by atoms with Gasteiger partial charge in [0.05, 0.1) is 18.8 Å². The quantitative estimate of drug-likeness (QED) is 0.427. The summed E-state index contributed by atoms with van der Waals surface area (Å²) in [6, 6.07) is 11.9. The van der Waals surface area contributed by atoms with E-state index in [1.165, 1.54) is 11.0 Å². The van der Waals surface area contributed by atoms with Crippen LogP contribution in [0.15, 0.2) is 49.1 Å². The number of piperidine rings is 1. The first-order chi connectivity index (χ1) is 20.4. The van der Waals surface area contributed by atoms with Crippen LogP contribution < -0.4 is 14.5 Å². The van der Waals surface area contributed by atoms with Crippen LogP contribution in [0.2, 0.25) is 0 Å². The average molecular weight is 573 g/mol. The number of benzene rings is 2. The molecule has 0 saturated carbocycles. The topological polar surface area (TPSA) is 123 Å². The molecule has 2 saturated heterocycles. The molecule has 0 bridgehead atoms. The number of carboxylic acid groups (broad SMARTS) is 1. The van der Waals surface area contributed by atoms with Crippen molar-refractivity contribution in [2.24, 2.45) is 5.92 Å². The summed E-state index contributed by atoms with van der Waals surface area (Å²) in [5, 5.41) is 21.9. The van der Waals surface area contributed by atoms with Crippen molar-refractivity contribution in [3.05, 3.63) is 60.3 Å². The summed E-state index contributed by atoms with van der Waals surface area (Å²) in [5.74, 6) is 1.05. The zero-order valence-corrected chi connectivity index (χ0v) is 23.6. The molecule has 2 fully saturated rings. The van der Waals surface area contributed by atoms with E-state index in [0.29, 0.717) is 52.4 Å². The van der Waals surface area contributed by atoms with E-state index in [1.54, 1.807) is 17.0 Å². The zero-order valence-electron chi connectivity index (χ0n) is 23.6. The lowest BCUT2D eigenvalue weighted by Gasteiger charge is -2.38. The van der Waals surface area contributed by atoms with Crippen LogP contribution in [-0.4, -0.2) is 94.4 Å². The smallest absolute Gasteiger partial charge is 0.407 e. The van der Waals surface area contributed by atoms with Gasteiger partial charge in [0.2, 0.25) is 5.91 Å². The summed E-state index contributed by atoms with van der Waals surface area (Å²) in [4.78, 5) is 41.1. The number of fused-ring (bicyclic) bond motifs is 2. The van der Waals surface area contributed by atoms with E-state index >= 15 is 0 Å². The normalized spacial score (nSPS) is 19.0. The molecular formula is C31H36N6O5. The van der Waals surface area contributed by atoms with Crippen LogP contribution in [0, 0.1) is 5.92 Å². The van der Waals surface area contributed by atoms with Crippen LogP contribution in [0.3, 0.4) is 0 Å². The number of phenols is 1. The highest BCUT2D eigenvalue weighted by Crippen LogP contribution is 2.36. The third kappa shape index (κ3) is 5.63. The average Bonchev–Trinajstić information content (AvgIpc) is 3.02. The highest BCUT2D eigenvalue weighted by Gasteiger charge is 2.30. The third-order valence-corrected chi connectivity index (χ3v) is 8.49. The lowest BCUT2D eigenvalue weighted by atomic mass is 9.99. The van der Waals surface area contributed by atoms with Crippen molar-refractivity contribution < 1.29 is 24.5 Å². The highest BCUT2D eigenvalue weighted by molar-refractivity contribution is 5.95. The van der Waals surface area contributed by atoms with Crippen LogP contribution in [-0.2, 0) is 17.8 Å². The van der Waals surface area contributed by atoms with Gasteiger partial charge in [0.15, 0.2) is 0 Å². The number of likely N-dealkylation sites (tertiary alicyclic amines) is 1. The molecule has 3 aromatic rings. The molecule has 6 rings (SSSR count). The van der Waals surface area contributed by atoms with E-state index in [4.69, 9.17) is 14.7 Å². The number of aromatic nitrogens is 2. The van der Waals surface area contributed by atoms with Gasteiger partial charge in [-0.15, -0.1) is 0 Å². The molecule has 42 heavy (non-hydrogen) atoms. The second kappa shape index (κ2) is 11.8. The fourth-order valence-electron chi connectivity index (χ4n) is 6.29. The van der Waals surface area contributed by atoms with Crippen molar-refractivity contribution in [1.82, 2.24) is 19.8 Å². The summed E-state index contributed by atoms with van der Waals surface area (Å²) in [6.45, 7) is 8.63. The number of anilines is 2. The SMILES string of the molecule is C=CC(=O)N1CCN(c2nc(OC[C@@H]3CCCN(C(=O)O)C3)nc3c2CCN(c2cc(O)cc4ccccc24)C3)CC1. The van der Waals surface area contributed by atoms with Gasteiger partial charge >= 0.3 is 12.1 Å². The number of carbonyl (C=O) groups is 2. The number of ether oxygens (including phenoxy) is 1. The number of piperazine rings is 1. The van der Waals surface area contributed by atoms with Gasteiger partial charge in [-0.3, -0.25) is 4.79 Å². The summed E-state index contributed by atoms with van der Waals surface area (Å²) in [7, 11) is 0. The standard InChI is InChI=1S/C31H36N6O5/c1-2-28(39)34-12-14-35(15-13-34)29-25-9-11-36(27-17-23(38)16-22-7-3-4-8-24(22)27)19-26(25)32-30(33-29)42-20-21-6-5-10-37(18-21)31(40)41/h2-4,7-8,16-17,21,38H,1,5-6,9-15,18-20H2,(H,40,41)/t21-/m1/s1. The van der Waals surface area contributed by atoms with Crippen molar-refractivity contribution >= 4 is 34.3 Å². The number of aromatic hydroxyl groups is 1. The van der Waals surface area contributed by atoms with Crippen LogP contribution in [0.25, 0.3) is 10.8 Å². The predicted molar refractivity (Wildman–Crippen MR) is 159 cm³/mol. The minimum atomic E-state index is -0.902. The molecule has 11 nitrogen and oxygen atoms in total. The van der Waals surface area contributed by atoms with E-state index in [2.05, 4.69) is 22.4 Å². The van der Waals surface area contributed by atoms with Gasteiger partial charge in [-0.05, 0) is 36.8 Å². The van der Waals surface area contributed by atoms with Crippen molar-refractivity contribution in [1.29, 1.82) is 0 Å². The molecule has 2 amide bonds. The van der Waals surface area contributed by atoms with Crippen LogP contribution in [0.5, 0.6) is 11.8 Å². The van der Waals surface area contributed by atoms with E-state index in [1.807, 2.05) is 18.2 Å². The Bertz CT molecular complexity index is 1500. The number of hydrogen-bond acceptors (Lipinski definition) is 8. The van der Waals surface area contributed by atoms with E-state index < -0.39 is 6.09 Å². The van der Waals surface area contributed by atoms with Gasteiger partial charge in [0.1, 0.15) is 11.6 Å². The molecule has 0 unspecified atom stereocenters. The van der Waals surface area contributed by atoms with Crippen LogP contribution >= 0.6 is 0 Å². The Morgan fingerprint density at radius 1 is 1.02 bits per heavy atom. The predicted octanol–water partition coefficient (Wildman–Crippen LogP) is 3.50. The highest BCUT2D eigenvalue weighted by atomic mass is 16.5. The first-order valence-corrected chi connectivity index (χ1v) is 14.5. The maximum Gasteiger partial charge on any atom is 0.407 e. The number of phenolic OH excluding ortho intramolecular Hbond substituents is 1. The lowest BCUT2D eigenvalue weighted by Crippen LogP contribution is -2.49. The minimum Gasteiger partial charge on any atom is -0.508 e. The monoisotopic (exact) mass is 572 g/mol. The van der Waals surface area contributed by atoms with E-state index in [0.717, 1.165) is 59.3 Å². The Morgan fingerprint density at radius 3 is 2.62 bits per heavy atom. The molecular weight excluding hydrogens is 536 g/mol. The van der Waals surface area contributed by atoms with E-state index in [9.17, 15) is 19.8 Å². The molecule has 0 spiro atoms. The van der Waals surface area contributed by atoms with Crippen LogP contribution in [0.1, 0.15) is 24.1 Å². The number of hydrogen-bond donors (Lipinski definition) is 2. The maximum atomic E-state index is 12.2. The number of amides is 2. The van der Waals surface area contributed by atoms with Crippen LogP contribution in [0.4, 0.5) is 16.3 Å². The summed E-state index contributed by atoms with van der Waals surface area (Å²) in [5.41, 5.74) is 2.89. The maximum absolute atomic E-state index is 12.2. The second-order valence-electron chi connectivity index (χ2n) is 11.2. The summed E-state index contributed by atoms with van der Waals surface area (Å²) in [6.07, 6.45) is 2.86. The molecule has 3 aliphatic heterocycles. The number of carbonyl (C=O) groups excluding carboxylic acids is 1. The minimum absolute atomic E-state index is 0.0692. The van der Waals surface area contributed by atoms with Gasteiger partial charge in [0, 0.05) is 74.4 Å². The first kappa shape index (κ1) is 27.6. The second-order valence-corrected chi connectivity index (χ2v) is 11.2. The van der Waals surface area contributed by atoms with Crippen molar-refractivity contribution in [2.45, 2.75) is 25.8 Å². The summed E-state index contributed by atoms with van der Waals surface area (Å²) < 4.78 is 6.17. The molecule has 11 heteroatoms. The van der Waals surface area contributed by atoms with Crippen molar-refractivity contribution in [3.8, 4) is 11.8 Å². The van der Waals surface area contributed by atoms with Gasteiger partial charge in [0.25, 0.3) is 0 Å². The molecule has 2 aromatic carbocycles. The Kier molecular flexibility index (Phi) is 7.73. The Balaban J connectivity index is 1.29. The molecule has 1 aromatic heterocycles. The Hall–Kier alpha value is -4.54.